The van der Waals surface area contributed by atoms with Crippen molar-refractivity contribution >= 4 is 0 Å². The molecule has 0 aliphatic heterocycles. The minimum Gasteiger partial charge on any atom is -0.330 e. The molecule has 3 atom stereocenters. The average molecular weight is 195 g/mol. The van der Waals surface area contributed by atoms with Crippen LogP contribution in [0.1, 0.15) is 58.3 Å². The quantitative estimate of drug-likeness (QED) is 0.734. The highest BCUT2D eigenvalue weighted by atomic mass is 14.6. The van der Waals surface area contributed by atoms with Crippen molar-refractivity contribution in [2.24, 2.45) is 23.0 Å². The highest BCUT2D eigenvalue weighted by molar-refractivity contribution is 4.93. The van der Waals surface area contributed by atoms with Crippen LogP contribution in [0.2, 0.25) is 0 Å². The van der Waals surface area contributed by atoms with Crippen LogP contribution in [0.3, 0.4) is 0 Å². The maximum Gasteiger partial charge on any atom is -0.00720 e. The van der Waals surface area contributed by atoms with Crippen LogP contribution in [0.4, 0.5) is 0 Å². The zero-order valence-corrected chi connectivity index (χ0v) is 9.60. The van der Waals surface area contributed by atoms with Crippen molar-refractivity contribution in [2.45, 2.75) is 58.3 Å². The molecule has 0 heterocycles. The topological polar surface area (TPSA) is 26.0 Å². The van der Waals surface area contributed by atoms with E-state index in [1.165, 1.54) is 51.4 Å². The SMILES string of the molecule is CCC1CC2CCCC(CCN)(C1)C2. The van der Waals surface area contributed by atoms with E-state index in [1.807, 2.05) is 0 Å². The fourth-order valence-corrected chi connectivity index (χ4v) is 4.08. The fourth-order valence-electron chi connectivity index (χ4n) is 4.08. The summed E-state index contributed by atoms with van der Waals surface area (Å²) >= 11 is 0. The summed E-state index contributed by atoms with van der Waals surface area (Å²) in [5.74, 6) is 2.06. The number of nitrogens with two attached hydrogens (primary N) is 1. The fraction of sp³-hybridized carbons (Fsp3) is 1.00. The first-order chi connectivity index (χ1) is 6.78. The third-order valence-corrected chi connectivity index (χ3v) is 4.68. The summed E-state index contributed by atoms with van der Waals surface area (Å²) in [4.78, 5) is 0. The molecule has 0 spiro atoms. The lowest BCUT2D eigenvalue weighted by molar-refractivity contribution is 0.0329. The summed E-state index contributed by atoms with van der Waals surface area (Å²) in [5, 5.41) is 0. The molecular weight excluding hydrogens is 170 g/mol. The van der Waals surface area contributed by atoms with Gasteiger partial charge in [-0.05, 0) is 55.9 Å². The Hall–Kier alpha value is -0.0400. The van der Waals surface area contributed by atoms with Gasteiger partial charge in [0.1, 0.15) is 0 Å². The van der Waals surface area contributed by atoms with E-state index in [9.17, 15) is 0 Å². The lowest BCUT2D eigenvalue weighted by Gasteiger charge is -2.48. The van der Waals surface area contributed by atoms with Gasteiger partial charge in [-0.1, -0.05) is 26.2 Å². The van der Waals surface area contributed by atoms with E-state index in [2.05, 4.69) is 6.92 Å². The van der Waals surface area contributed by atoms with E-state index in [0.717, 1.165) is 18.4 Å². The third kappa shape index (κ3) is 1.98. The van der Waals surface area contributed by atoms with E-state index in [4.69, 9.17) is 5.73 Å². The predicted octanol–water partition coefficient (Wildman–Crippen LogP) is 3.33. The van der Waals surface area contributed by atoms with Crippen molar-refractivity contribution in [1.82, 2.24) is 0 Å². The van der Waals surface area contributed by atoms with Gasteiger partial charge in [-0.2, -0.15) is 0 Å². The molecule has 2 saturated carbocycles. The molecule has 14 heavy (non-hydrogen) atoms. The molecule has 0 aromatic rings. The first-order valence-electron chi connectivity index (χ1n) is 6.48. The van der Waals surface area contributed by atoms with Crippen molar-refractivity contribution in [1.29, 1.82) is 0 Å². The highest BCUT2D eigenvalue weighted by Gasteiger charge is 2.41. The summed E-state index contributed by atoms with van der Waals surface area (Å²) in [5.41, 5.74) is 6.45. The van der Waals surface area contributed by atoms with Crippen LogP contribution in [0.15, 0.2) is 0 Å². The van der Waals surface area contributed by atoms with Gasteiger partial charge in [0.15, 0.2) is 0 Å². The molecule has 2 rings (SSSR count). The molecule has 1 nitrogen and oxygen atoms in total. The molecule has 2 fully saturated rings. The van der Waals surface area contributed by atoms with E-state index in [1.54, 1.807) is 0 Å². The van der Waals surface area contributed by atoms with Crippen LogP contribution in [0.25, 0.3) is 0 Å². The standard InChI is InChI=1S/C13H25N/c1-2-11-8-12-4-3-5-13(9-11,10-12)6-7-14/h11-12H,2-10,14H2,1H3. The molecule has 2 N–H and O–H groups in total. The van der Waals surface area contributed by atoms with Crippen molar-refractivity contribution in [3.8, 4) is 0 Å². The maximum absolute atomic E-state index is 5.78. The lowest BCUT2D eigenvalue weighted by atomic mass is 9.57. The van der Waals surface area contributed by atoms with Gasteiger partial charge in [-0.25, -0.2) is 0 Å². The van der Waals surface area contributed by atoms with Crippen LogP contribution in [-0.4, -0.2) is 6.54 Å². The van der Waals surface area contributed by atoms with Crippen LogP contribution in [-0.2, 0) is 0 Å². The third-order valence-electron chi connectivity index (χ3n) is 4.68. The molecule has 0 saturated heterocycles. The molecule has 2 aliphatic carbocycles. The molecule has 0 aromatic heterocycles. The first kappa shape index (κ1) is 10.5. The van der Waals surface area contributed by atoms with Crippen LogP contribution >= 0.6 is 0 Å². The Balaban J connectivity index is 2.05. The van der Waals surface area contributed by atoms with Crippen molar-refractivity contribution < 1.29 is 0 Å². The Bertz CT molecular complexity index is 186. The summed E-state index contributed by atoms with van der Waals surface area (Å²) in [6.45, 7) is 3.27. The zero-order valence-electron chi connectivity index (χ0n) is 9.60. The average Bonchev–Trinajstić information content (AvgIpc) is 2.17. The Morgan fingerprint density at radius 3 is 2.93 bits per heavy atom. The predicted molar refractivity (Wildman–Crippen MR) is 61.1 cm³/mol. The number of hydrogen-bond donors (Lipinski definition) is 1. The van der Waals surface area contributed by atoms with Crippen molar-refractivity contribution in [2.75, 3.05) is 6.54 Å². The van der Waals surface area contributed by atoms with Gasteiger partial charge in [-0.15, -0.1) is 0 Å². The monoisotopic (exact) mass is 195 g/mol. The van der Waals surface area contributed by atoms with Crippen molar-refractivity contribution in [3.05, 3.63) is 0 Å². The molecule has 0 amide bonds. The van der Waals surface area contributed by atoms with Crippen molar-refractivity contribution in [3.63, 3.8) is 0 Å². The Kier molecular flexibility index (Phi) is 3.16. The smallest absolute Gasteiger partial charge is 0.00720 e. The second kappa shape index (κ2) is 4.22. The zero-order chi connectivity index (χ0) is 10.0. The van der Waals surface area contributed by atoms with Gasteiger partial charge >= 0.3 is 0 Å². The summed E-state index contributed by atoms with van der Waals surface area (Å²) in [6, 6.07) is 0. The number of fused-ring (bicyclic) bond motifs is 2. The minimum absolute atomic E-state index is 0.677. The van der Waals surface area contributed by atoms with Gasteiger partial charge in [0.25, 0.3) is 0 Å². The molecule has 2 bridgehead atoms. The van der Waals surface area contributed by atoms with Crippen LogP contribution in [0.5, 0.6) is 0 Å². The van der Waals surface area contributed by atoms with Gasteiger partial charge in [0.05, 0.1) is 0 Å². The molecule has 0 aromatic carbocycles. The van der Waals surface area contributed by atoms with E-state index in [-0.39, 0.29) is 0 Å². The number of rotatable bonds is 3. The van der Waals surface area contributed by atoms with Crippen LogP contribution < -0.4 is 5.73 Å². The molecular formula is C13H25N. The highest BCUT2D eigenvalue weighted by Crippen LogP contribution is 2.53. The molecule has 0 radical (unpaired) electrons. The van der Waals surface area contributed by atoms with Gasteiger partial charge in [0.2, 0.25) is 0 Å². The first-order valence-corrected chi connectivity index (χ1v) is 6.48. The lowest BCUT2D eigenvalue weighted by Crippen LogP contribution is -2.38. The van der Waals surface area contributed by atoms with E-state index in [0.29, 0.717) is 5.41 Å². The Morgan fingerprint density at radius 2 is 2.21 bits per heavy atom. The Labute approximate surface area is 88.4 Å². The minimum atomic E-state index is 0.677. The van der Waals surface area contributed by atoms with E-state index >= 15 is 0 Å². The summed E-state index contributed by atoms with van der Waals surface area (Å²) in [7, 11) is 0. The summed E-state index contributed by atoms with van der Waals surface area (Å²) < 4.78 is 0. The van der Waals surface area contributed by atoms with E-state index < -0.39 is 0 Å². The normalized spacial score (nSPS) is 42.4. The maximum atomic E-state index is 5.78. The van der Waals surface area contributed by atoms with Gasteiger partial charge < -0.3 is 5.73 Å². The second-order valence-electron chi connectivity index (χ2n) is 5.72. The largest absolute Gasteiger partial charge is 0.330 e. The second-order valence-corrected chi connectivity index (χ2v) is 5.72. The Morgan fingerprint density at radius 1 is 1.36 bits per heavy atom. The van der Waals surface area contributed by atoms with Gasteiger partial charge in [-0.3, -0.25) is 0 Å². The van der Waals surface area contributed by atoms with Gasteiger partial charge in [0, 0.05) is 0 Å². The summed E-state index contributed by atoms with van der Waals surface area (Å²) in [6.07, 6.45) is 11.6. The number of hydrogen-bond acceptors (Lipinski definition) is 1. The molecule has 82 valence electrons. The molecule has 1 heteroatoms. The van der Waals surface area contributed by atoms with Crippen LogP contribution in [0, 0.1) is 17.3 Å². The molecule has 3 unspecified atom stereocenters. The molecule has 2 aliphatic rings.